The van der Waals surface area contributed by atoms with Crippen LogP contribution in [0.1, 0.15) is 52.2 Å². The van der Waals surface area contributed by atoms with Gasteiger partial charge in [0.25, 0.3) is 0 Å². The highest BCUT2D eigenvalue weighted by molar-refractivity contribution is 7.81. The summed E-state index contributed by atoms with van der Waals surface area (Å²) in [4.78, 5) is 0. The Morgan fingerprint density at radius 1 is 1.11 bits per heavy atom. The summed E-state index contributed by atoms with van der Waals surface area (Å²) in [5.41, 5.74) is 2.97. The molecule has 18 heavy (non-hydrogen) atoms. The summed E-state index contributed by atoms with van der Waals surface area (Å²) in [6, 6.07) is 6.91. The molecule has 0 bridgehead atoms. The lowest BCUT2D eigenvalue weighted by Gasteiger charge is -2.31. The normalized spacial score (nSPS) is 15.9. The smallest absolute Gasteiger partial charge is 0.0351 e. The van der Waals surface area contributed by atoms with Gasteiger partial charge in [-0.15, -0.1) is 11.3 Å². The molecule has 0 saturated carbocycles. The van der Waals surface area contributed by atoms with Crippen molar-refractivity contribution in [1.29, 1.82) is 0 Å². The first-order valence-corrected chi connectivity index (χ1v) is 7.83. The molecule has 2 aromatic rings. The predicted molar refractivity (Wildman–Crippen MR) is 87.2 cm³/mol. The number of hydrogen-bond donors (Lipinski definition) is 1. The minimum atomic E-state index is -0.0548. The Balaban J connectivity index is 2.75. The molecule has 0 N–H and O–H groups in total. The van der Waals surface area contributed by atoms with E-state index in [0.717, 1.165) is 6.42 Å². The van der Waals surface area contributed by atoms with Gasteiger partial charge in [-0.05, 0) is 58.9 Å². The van der Waals surface area contributed by atoms with E-state index in [1.54, 1.807) is 0 Å². The average Bonchev–Trinajstić information content (AvgIpc) is 2.73. The van der Waals surface area contributed by atoms with Crippen LogP contribution in [0.3, 0.4) is 0 Å². The summed E-state index contributed by atoms with van der Waals surface area (Å²) in [7, 11) is 0. The fourth-order valence-electron chi connectivity index (χ4n) is 2.27. The summed E-state index contributed by atoms with van der Waals surface area (Å²) in [5, 5.41) is 3.52. The predicted octanol–water partition coefficient (Wildman–Crippen LogP) is 5.75. The van der Waals surface area contributed by atoms with E-state index in [0.29, 0.717) is 0 Å². The van der Waals surface area contributed by atoms with E-state index in [9.17, 15) is 0 Å². The Bertz CT molecular complexity index is 556. The molecule has 0 fully saturated rings. The van der Waals surface area contributed by atoms with Gasteiger partial charge >= 0.3 is 0 Å². The van der Waals surface area contributed by atoms with Crippen molar-refractivity contribution in [2.24, 2.45) is 0 Å². The maximum atomic E-state index is 4.89. The van der Waals surface area contributed by atoms with Gasteiger partial charge in [-0.25, -0.2) is 0 Å². The van der Waals surface area contributed by atoms with Crippen molar-refractivity contribution in [2.45, 2.75) is 51.2 Å². The van der Waals surface area contributed by atoms with Crippen LogP contribution in [0.25, 0.3) is 10.1 Å². The fraction of sp³-hybridized carbons (Fsp3) is 0.500. The van der Waals surface area contributed by atoms with Gasteiger partial charge in [0, 0.05) is 9.45 Å². The number of thiol groups is 1. The van der Waals surface area contributed by atoms with Crippen LogP contribution in [0.15, 0.2) is 23.6 Å². The second kappa shape index (κ2) is 4.57. The number of thiophene rings is 1. The SMILES string of the molecule is CCC(C)(S)c1cc2sccc2cc1C(C)(C)C. The molecular formula is C16H22S2. The first-order valence-electron chi connectivity index (χ1n) is 6.50. The zero-order valence-corrected chi connectivity index (χ0v) is 13.6. The number of fused-ring (bicyclic) bond motifs is 1. The Kier molecular flexibility index (Phi) is 3.54. The molecule has 1 heterocycles. The average molecular weight is 278 g/mol. The van der Waals surface area contributed by atoms with Gasteiger partial charge in [0.2, 0.25) is 0 Å². The largest absolute Gasteiger partial charge is 0.168 e. The summed E-state index contributed by atoms with van der Waals surface area (Å²) < 4.78 is 1.31. The van der Waals surface area contributed by atoms with Crippen LogP contribution in [-0.4, -0.2) is 0 Å². The van der Waals surface area contributed by atoms with Crippen molar-refractivity contribution >= 4 is 34.1 Å². The molecule has 0 aliphatic rings. The third-order valence-electron chi connectivity index (χ3n) is 3.67. The number of benzene rings is 1. The summed E-state index contributed by atoms with van der Waals surface area (Å²) in [6.07, 6.45) is 1.04. The summed E-state index contributed by atoms with van der Waals surface area (Å²) in [5.74, 6) is 0. The quantitative estimate of drug-likeness (QED) is 0.664. The van der Waals surface area contributed by atoms with Crippen LogP contribution >= 0.6 is 24.0 Å². The molecule has 1 atom stereocenters. The lowest BCUT2D eigenvalue weighted by molar-refractivity contribution is 0.561. The van der Waals surface area contributed by atoms with Crippen LogP contribution < -0.4 is 0 Å². The van der Waals surface area contributed by atoms with Crippen LogP contribution in [0, 0.1) is 0 Å². The zero-order chi connectivity index (χ0) is 13.6. The zero-order valence-electron chi connectivity index (χ0n) is 11.9. The Hall–Kier alpha value is -0.470. The van der Waals surface area contributed by atoms with Crippen molar-refractivity contribution in [1.82, 2.24) is 0 Å². The van der Waals surface area contributed by atoms with E-state index < -0.39 is 0 Å². The second-order valence-electron chi connectivity index (χ2n) is 6.23. The van der Waals surface area contributed by atoms with Crippen LogP contribution in [0.5, 0.6) is 0 Å². The molecule has 1 aromatic heterocycles. The molecule has 2 rings (SSSR count). The van der Waals surface area contributed by atoms with Gasteiger partial charge in [0.15, 0.2) is 0 Å². The van der Waals surface area contributed by atoms with Gasteiger partial charge in [-0.2, -0.15) is 12.6 Å². The molecule has 0 radical (unpaired) electrons. The summed E-state index contributed by atoms with van der Waals surface area (Å²) >= 11 is 6.70. The molecule has 2 heteroatoms. The standard InChI is InChI=1S/C16H22S2/c1-6-16(5,17)13-10-14-11(7-8-18-14)9-12(13)15(2,3)4/h7-10,17H,6H2,1-5H3. The van der Waals surface area contributed by atoms with Crippen LogP contribution in [-0.2, 0) is 10.2 Å². The summed E-state index contributed by atoms with van der Waals surface area (Å²) in [6.45, 7) is 11.3. The van der Waals surface area contributed by atoms with Gasteiger partial charge in [-0.1, -0.05) is 27.7 Å². The van der Waals surface area contributed by atoms with Crippen molar-refractivity contribution < 1.29 is 0 Å². The first kappa shape index (κ1) is 14.0. The molecule has 0 aliphatic carbocycles. The lowest BCUT2D eigenvalue weighted by atomic mass is 9.79. The van der Waals surface area contributed by atoms with E-state index in [1.165, 1.54) is 21.2 Å². The monoisotopic (exact) mass is 278 g/mol. The van der Waals surface area contributed by atoms with Gasteiger partial charge in [0.1, 0.15) is 0 Å². The second-order valence-corrected chi connectivity index (χ2v) is 8.17. The van der Waals surface area contributed by atoms with Crippen molar-refractivity contribution in [3.05, 3.63) is 34.7 Å². The van der Waals surface area contributed by atoms with Gasteiger partial charge in [-0.3, -0.25) is 0 Å². The number of rotatable bonds is 2. The van der Waals surface area contributed by atoms with Crippen LogP contribution in [0.4, 0.5) is 0 Å². The maximum absolute atomic E-state index is 4.89. The fourth-order valence-corrected chi connectivity index (χ4v) is 3.26. The molecule has 0 amide bonds. The van der Waals surface area contributed by atoms with Crippen LogP contribution in [0.2, 0.25) is 0 Å². The molecule has 0 aliphatic heterocycles. The van der Waals surface area contributed by atoms with Crippen molar-refractivity contribution in [3.8, 4) is 0 Å². The number of hydrogen-bond acceptors (Lipinski definition) is 2. The highest BCUT2D eigenvalue weighted by Crippen LogP contribution is 2.41. The Morgan fingerprint density at radius 2 is 1.78 bits per heavy atom. The van der Waals surface area contributed by atoms with E-state index in [4.69, 9.17) is 12.6 Å². The molecule has 0 saturated heterocycles. The van der Waals surface area contributed by atoms with Crippen molar-refractivity contribution in [2.75, 3.05) is 0 Å². The first-order chi connectivity index (χ1) is 8.25. The molecule has 0 nitrogen and oxygen atoms in total. The van der Waals surface area contributed by atoms with Gasteiger partial charge in [0.05, 0.1) is 0 Å². The van der Waals surface area contributed by atoms with E-state index >= 15 is 0 Å². The molecule has 98 valence electrons. The molecule has 1 aromatic carbocycles. The minimum Gasteiger partial charge on any atom is -0.168 e. The highest BCUT2D eigenvalue weighted by atomic mass is 32.1. The van der Waals surface area contributed by atoms with Crippen molar-refractivity contribution in [3.63, 3.8) is 0 Å². The topological polar surface area (TPSA) is 0 Å². The molecule has 1 unspecified atom stereocenters. The van der Waals surface area contributed by atoms with E-state index in [-0.39, 0.29) is 10.2 Å². The van der Waals surface area contributed by atoms with Gasteiger partial charge < -0.3 is 0 Å². The molecule has 0 spiro atoms. The van der Waals surface area contributed by atoms with E-state index in [1.807, 2.05) is 11.3 Å². The lowest BCUT2D eigenvalue weighted by Crippen LogP contribution is -2.22. The third-order valence-corrected chi connectivity index (χ3v) is 5.11. The minimum absolute atomic E-state index is 0.0548. The Morgan fingerprint density at radius 3 is 2.33 bits per heavy atom. The van der Waals surface area contributed by atoms with E-state index in [2.05, 4.69) is 58.2 Å². The third kappa shape index (κ3) is 2.46. The molecular weight excluding hydrogens is 256 g/mol. The maximum Gasteiger partial charge on any atom is 0.0351 e. The Labute approximate surface area is 120 Å². The highest BCUT2D eigenvalue weighted by Gasteiger charge is 2.28.